The van der Waals surface area contributed by atoms with E-state index in [9.17, 15) is 4.79 Å². The summed E-state index contributed by atoms with van der Waals surface area (Å²) in [4.78, 5) is 11.9. The molecule has 96 valence electrons. The second-order valence-electron chi connectivity index (χ2n) is 3.85. The van der Waals surface area contributed by atoms with Crippen LogP contribution in [0.15, 0.2) is 34.1 Å². The van der Waals surface area contributed by atoms with Crippen LogP contribution in [-0.4, -0.2) is 17.7 Å². The highest BCUT2D eigenvalue weighted by atomic mass is 32.1. The van der Waals surface area contributed by atoms with E-state index in [1.165, 1.54) is 10.9 Å². The van der Waals surface area contributed by atoms with Gasteiger partial charge in [0.25, 0.3) is 0 Å². The lowest BCUT2D eigenvalue weighted by atomic mass is 10.3. The average Bonchev–Trinajstić information content (AvgIpc) is 2.99. The fourth-order valence-electron chi connectivity index (χ4n) is 1.56. The molecule has 0 aromatic carbocycles. The van der Waals surface area contributed by atoms with Gasteiger partial charge in [0.05, 0.1) is 6.61 Å². The normalized spacial score (nSPS) is 12.5. The molecule has 0 aliphatic carbocycles. The monoisotopic (exact) mass is 266 g/mol. The number of rotatable bonds is 6. The molecule has 1 N–H and O–H groups in total. The molecule has 2 aromatic rings. The first-order chi connectivity index (χ1) is 8.66. The van der Waals surface area contributed by atoms with Gasteiger partial charge in [0.2, 0.25) is 5.76 Å². The van der Waals surface area contributed by atoms with Crippen LogP contribution in [0.3, 0.4) is 0 Å². The van der Waals surface area contributed by atoms with Crippen molar-refractivity contribution in [1.29, 1.82) is 0 Å². The molecule has 0 radical (unpaired) electrons. The van der Waals surface area contributed by atoms with E-state index in [1.807, 2.05) is 18.4 Å². The maximum atomic E-state index is 10.7. The SMILES string of the molecule is CC(OCCc1cccs1)c1ccc(C(=O)O)o1. The lowest BCUT2D eigenvalue weighted by Gasteiger charge is -2.09. The predicted molar refractivity (Wildman–Crippen MR) is 68.1 cm³/mol. The van der Waals surface area contributed by atoms with Crippen molar-refractivity contribution in [3.8, 4) is 0 Å². The lowest BCUT2D eigenvalue weighted by molar-refractivity contribution is 0.0492. The summed E-state index contributed by atoms with van der Waals surface area (Å²) in [5, 5.41) is 10.8. The molecule has 1 atom stereocenters. The molecule has 4 nitrogen and oxygen atoms in total. The summed E-state index contributed by atoms with van der Waals surface area (Å²) in [6, 6.07) is 7.15. The van der Waals surface area contributed by atoms with Gasteiger partial charge in [0.1, 0.15) is 11.9 Å². The first kappa shape index (κ1) is 12.9. The van der Waals surface area contributed by atoms with Crippen molar-refractivity contribution in [2.75, 3.05) is 6.61 Å². The number of furan rings is 1. The lowest BCUT2D eigenvalue weighted by Crippen LogP contribution is -2.02. The van der Waals surface area contributed by atoms with Crippen molar-refractivity contribution in [2.45, 2.75) is 19.4 Å². The van der Waals surface area contributed by atoms with Gasteiger partial charge in [-0.2, -0.15) is 0 Å². The van der Waals surface area contributed by atoms with Crippen molar-refractivity contribution in [3.05, 3.63) is 46.0 Å². The Kier molecular flexibility index (Phi) is 4.17. The van der Waals surface area contributed by atoms with Gasteiger partial charge in [-0.15, -0.1) is 11.3 Å². The molecule has 0 spiro atoms. The van der Waals surface area contributed by atoms with Crippen LogP contribution in [0.1, 0.15) is 34.2 Å². The van der Waals surface area contributed by atoms with Gasteiger partial charge < -0.3 is 14.3 Å². The minimum atomic E-state index is -1.06. The zero-order valence-electron chi connectivity index (χ0n) is 9.96. The van der Waals surface area contributed by atoms with E-state index >= 15 is 0 Å². The Balaban J connectivity index is 1.83. The zero-order chi connectivity index (χ0) is 13.0. The van der Waals surface area contributed by atoms with Gasteiger partial charge in [0.15, 0.2) is 0 Å². The molecule has 5 heteroatoms. The number of thiophene rings is 1. The largest absolute Gasteiger partial charge is 0.475 e. The first-order valence-electron chi connectivity index (χ1n) is 5.64. The fourth-order valence-corrected chi connectivity index (χ4v) is 2.25. The van der Waals surface area contributed by atoms with E-state index in [2.05, 4.69) is 6.07 Å². The predicted octanol–water partition coefficient (Wildman–Crippen LogP) is 3.36. The van der Waals surface area contributed by atoms with Crippen LogP contribution in [-0.2, 0) is 11.2 Å². The minimum absolute atomic E-state index is 0.0568. The molecular formula is C13H14O4S. The average molecular weight is 266 g/mol. The Morgan fingerprint density at radius 2 is 2.33 bits per heavy atom. The van der Waals surface area contributed by atoms with Gasteiger partial charge in [-0.05, 0) is 30.5 Å². The molecule has 0 saturated heterocycles. The van der Waals surface area contributed by atoms with Crippen molar-refractivity contribution in [3.63, 3.8) is 0 Å². The third kappa shape index (κ3) is 3.21. The van der Waals surface area contributed by atoms with Crippen LogP contribution >= 0.6 is 11.3 Å². The topological polar surface area (TPSA) is 59.7 Å². The summed E-state index contributed by atoms with van der Waals surface area (Å²) in [5.41, 5.74) is 0. The molecule has 0 saturated carbocycles. The van der Waals surface area contributed by atoms with Crippen LogP contribution in [0.5, 0.6) is 0 Å². The third-order valence-corrected chi connectivity index (χ3v) is 3.47. The minimum Gasteiger partial charge on any atom is -0.475 e. The Labute approximate surface area is 109 Å². The van der Waals surface area contributed by atoms with Crippen LogP contribution in [0.2, 0.25) is 0 Å². The van der Waals surface area contributed by atoms with Crippen molar-refractivity contribution in [1.82, 2.24) is 0 Å². The molecule has 2 rings (SSSR count). The number of carbonyl (C=O) groups is 1. The van der Waals surface area contributed by atoms with Crippen molar-refractivity contribution < 1.29 is 19.1 Å². The molecule has 0 bridgehead atoms. The van der Waals surface area contributed by atoms with E-state index in [-0.39, 0.29) is 11.9 Å². The van der Waals surface area contributed by atoms with E-state index in [4.69, 9.17) is 14.3 Å². The van der Waals surface area contributed by atoms with Gasteiger partial charge >= 0.3 is 5.97 Å². The summed E-state index contributed by atoms with van der Waals surface area (Å²) in [6.45, 7) is 2.43. The van der Waals surface area contributed by atoms with Gasteiger partial charge in [0, 0.05) is 11.3 Å². The van der Waals surface area contributed by atoms with E-state index < -0.39 is 5.97 Å². The van der Waals surface area contributed by atoms with Crippen LogP contribution in [0.4, 0.5) is 0 Å². The number of aromatic carboxylic acids is 1. The molecule has 2 heterocycles. The standard InChI is InChI=1S/C13H14O4S/c1-9(11-4-5-12(17-11)13(14)15)16-7-6-10-3-2-8-18-10/h2-5,8-9H,6-7H2,1H3,(H,14,15). The highest BCUT2D eigenvalue weighted by Gasteiger charge is 2.14. The van der Waals surface area contributed by atoms with E-state index in [0.29, 0.717) is 12.4 Å². The second kappa shape index (κ2) is 5.84. The highest BCUT2D eigenvalue weighted by molar-refractivity contribution is 7.09. The number of hydrogen-bond donors (Lipinski definition) is 1. The van der Waals surface area contributed by atoms with Crippen molar-refractivity contribution >= 4 is 17.3 Å². The number of carboxylic acid groups (broad SMARTS) is 1. The molecule has 18 heavy (non-hydrogen) atoms. The molecule has 0 fully saturated rings. The maximum absolute atomic E-state index is 10.7. The highest BCUT2D eigenvalue weighted by Crippen LogP contribution is 2.20. The first-order valence-corrected chi connectivity index (χ1v) is 6.52. The second-order valence-corrected chi connectivity index (χ2v) is 4.88. The van der Waals surface area contributed by atoms with Gasteiger partial charge in [-0.3, -0.25) is 0 Å². The number of hydrogen-bond acceptors (Lipinski definition) is 4. The van der Waals surface area contributed by atoms with Crippen molar-refractivity contribution in [2.24, 2.45) is 0 Å². The molecule has 1 unspecified atom stereocenters. The summed E-state index contributed by atoms with van der Waals surface area (Å²) in [5.74, 6) is -0.579. The summed E-state index contributed by atoms with van der Waals surface area (Å²) < 4.78 is 10.8. The van der Waals surface area contributed by atoms with Gasteiger partial charge in [-0.1, -0.05) is 6.07 Å². The Morgan fingerprint density at radius 1 is 1.50 bits per heavy atom. The third-order valence-electron chi connectivity index (χ3n) is 2.53. The Bertz CT molecular complexity index is 501. The van der Waals surface area contributed by atoms with E-state index in [0.717, 1.165) is 6.42 Å². The summed E-state index contributed by atoms with van der Waals surface area (Å²) >= 11 is 1.70. The number of ether oxygens (including phenoxy) is 1. The molecule has 0 aliphatic heterocycles. The molecule has 0 amide bonds. The number of carboxylic acids is 1. The zero-order valence-corrected chi connectivity index (χ0v) is 10.8. The fraction of sp³-hybridized carbons (Fsp3) is 0.308. The maximum Gasteiger partial charge on any atom is 0.371 e. The van der Waals surface area contributed by atoms with Gasteiger partial charge in [-0.25, -0.2) is 4.79 Å². The van der Waals surface area contributed by atoms with Crippen LogP contribution < -0.4 is 0 Å². The molecule has 0 aliphatic rings. The Hall–Kier alpha value is -1.59. The molecular weight excluding hydrogens is 252 g/mol. The Morgan fingerprint density at radius 3 is 2.94 bits per heavy atom. The molecule has 2 aromatic heterocycles. The summed E-state index contributed by atoms with van der Waals surface area (Å²) in [7, 11) is 0. The van der Waals surface area contributed by atoms with Crippen LogP contribution in [0, 0.1) is 0 Å². The summed E-state index contributed by atoms with van der Waals surface area (Å²) in [6.07, 6.45) is 0.618. The smallest absolute Gasteiger partial charge is 0.371 e. The quantitative estimate of drug-likeness (QED) is 0.871. The van der Waals surface area contributed by atoms with Crippen LogP contribution in [0.25, 0.3) is 0 Å². The van der Waals surface area contributed by atoms with E-state index in [1.54, 1.807) is 17.4 Å².